The van der Waals surface area contributed by atoms with Gasteiger partial charge in [0.2, 0.25) is 5.91 Å². The van der Waals surface area contributed by atoms with E-state index >= 15 is 0 Å². The van der Waals surface area contributed by atoms with E-state index in [2.05, 4.69) is 0 Å². The molecule has 3 aromatic rings. The summed E-state index contributed by atoms with van der Waals surface area (Å²) < 4.78 is 5.18. The second kappa shape index (κ2) is 7.39. The molecule has 0 aromatic heterocycles. The standard InChI is InChI=1S/C25H22N2O5/c1-25-21(19-10-6-7-11-20(19)28)27(17-8-4-3-5-9-17)32-22(25)23(29)26(24(25)30)16-12-14-18(31-2)15-13-16/h3-15,21-22,28H,1-2H3/t21-,22-,25+/m0/s1. The van der Waals surface area contributed by atoms with Crippen LogP contribution in [0.4, 0.5) is 11.4 Å². The number of hydrogen-bond donors (Lipinski definition) is 1. The van der Waals surface area contributed by atoms with Gasteiger partial charge >= 0.3 is 0 Å². The molecule has 2 amide bonds. The molecule has 0 radical (unpaired) electrons. The molecule has 0 bridgehead atoms. The van der Waals surface area contributed by atoms with E-state index in [0.717, 1.165) is 0 Å². The van der Waals surface area contributed by atoms with Gasteiger partial charge in [0.05, 0.1) is 18.5 Å². The molecule has 2 aliphatic heterocycles. The Kier molecular flexibility index (Phi) is 4.64. The SMILES string of the molecule is COc1ccc(N2C(=O)[C@@H]3ON(c4ccccc4)[C@@H](c4ccccc4O)[C@@]3(C)C2=O)cc1. The van der Waals surface area contributed by atoms with Gasteiger partial charge in [-0.1, -0.05) is 36.4 Å². The van der Waals surface area contributed by atoms with E-state index in [1.807, 2.05) is 30.3 Å². The Balaban J connectivity index is 1.63. The Morgan fingerprint density at radius 3 is 2.22 bits per heavy atom. The van der Waals surface area contributed by atoms with Crippen molar-refractivity contribution in [2.45, 2.75) is 19.1 Å². The zero-order chi connectivity index (χ0) is 22.5. The molecular weight excluding hydrogens is 408 g/mol. The van der Waals surface area contributed by atoms with E-state index in [1.54, 1.807) is 67.6 Å². The third-order valence-electron chi connectivity index (χ3n) is 6.25. The van der Waals surface area contributed by atoms with Crippen LogP contribution in [0.15, 0.2) is 78.9 Å². The highest BCUT2D eigenvalue weighted by atomic mass is 16.7. The number of aromatic hydroxyl groups is 1. The van der Waals surface area contributed by atoms with Gasteiger partial charge in [-0.2, -0.15) is 0 Å². The average molecular weight is 430 g/mol. The number of ether oxygens (including phenoxy) is 1. The number of rotatable bonds is 4. The molecule has 2 heterocycles. The average Bonchev–Trinajstić information content (AvgIpc) is 3.23. The van der Waals surface area contributed by atoms with Crippen LogP contribution in [0, 0.1) is 5.41 Å². The van der Waals surface area contributed by atoms with Crippen molar-refractivity contribution < 1.29 is 24.3 Å². The Morgan fingerprint density at radius 2 is 1.56 bits per heavy atom. The number of benzene rings is 3. The van der Waals surface area contributed by atoms with E-state index in [4.69, 9.17) is 9.57 Å². The number of anilines is 2. The number of amides is 2. The van der Waals surface area contributed by atoms with Crippen molar-refractivity contribution >= 4 is 23.2 Å². The number of hydrogen-bond acceptors (Lipinski definition) is 6. The van der Waals surface area contributed by atoms with Crippen LogP contribution in [0.3, 0.4) is 0 Å². The molecule has 32 heavy (non-hydrogen) atoms. The van der Waals surface area contributed by atoms with Gasteiger partial charge in [0.15, 0.2) is 6.10 Å². The summed E-state index contributed by atoms with van der Waals surface area (Å²) in [6, 6.07) is 22.1. The van der Waals surface area contributed by atoms with Crippen LogP contribution in [0.5, 0.6) is 11.5 Å². The van der Waals surface area contributed by atoms with Crippen LogP contribution in [-0.2, 0) is 14.4 Å². The van der Waals surface area contributed by atoms with Gasteiger partial charge < -0.3 is 9.84 Å². The number of nitrogens with zero attached hydrogens (tertiary/aromatic N) is 2. The fourth-order valence-corrected chi connectivity index (χ4v) is 4.59. The molecule has 3 atom stereocenters. The topological polar surface area (TPSA) is 79.3 Å². The van der Waals surface area contributed by atoms with Crippen LogP contribution in [0.2, 0.25) is 0 Å². The molecular formula is C25H22N2O5. The van der Waals surface area contributed by atoms with Crippen molar-refractivity contribution in [2.24, 2.45) is 5.41 Å². The third kappa shape index (κ3) is 2.78. The molecule has 3 aromatic carbocycles. The molecule has 2 saturated heterocycles. The number of phenols is 1. The third-order valence-corrected chi connectivity index (χ3v) is 6.25. The summed E-state index contributed by atoms with van der Waals surface area (Å²) in [5, 5.41) is 12.2. The predicted molar refractivity (Wildman–Crippen MR) is 118 cm³/mol. The van der Waals surface area contributed by atoms with E-state index in [-0.39, 0.29) is 11.7 Å². The minimum absolute atomic E-state index is 0.0343. The molecule has 5 rings (SSSR count). The maximum absolute atomic E-state index is 13.8. The smallest absolute Gasteiger partial charge is 0.266 e. The highest BCUT2D eigenvalue weighted by molar-refractivity contribution is 6.25. The predicted octanol–water partition coefficient (Wildman–Crippen LogP) is 3.84. The molecule has 0 aliphatic carbocycles. The van der Waals surface area contributed by atoms with E-state index in [9.17, 15) is 14.7 Å². The number of fused-ring (bicyclic) bond motifs is 1. The first-order chi connectivity index (χ1) is 15.5. The highest BCUT2D eigenvalue weighted by Gasteiger charge is 2.69. The van der Waals surface area contributed by atoms with Gasteiger partial charge in [0.25, 0.3) is 5.91 Å². The number of hydroxylamine groups is 1. The maximum atomic E-state index is 13.8. The van der Waals surface area contributed by atoms with Crippen molar-refractivity contribution in [3.05, 3.63) is 84.4 Å². The quantitative estimate of drug-likeness (QED) is 0.634. The van der Waals surface area contributed by atoms with Gasteiger partial charge in [-0.25, -0.2) is 9.96 Å². The normalized spacial score (nSPS) is 24.7. The van der Waals surface area contributed by atoms with Gasteiger partial charge in [-0.15, -0.1) is 0 Å². The van der Waals surface area contributed by atoms with Crippen LogP contribution in [0.25, 0.3) is 0 Å². The van der Waals surface area contributed by atoms with E-state index in [1.165, 1.54) is 4.90 Å². The molecule has 2 aliphatic rings. The van der Waals surface area contributed by atoms with Gasteiger partial charge in [-0.05, 0) is 49.4 Å². The summed E-state index contributed by atoms with van der Waals surface area (Å²) in [4.78, 5) is 34.6. The summed E-state index contributed by atoms with van der Waals surface area (Å²) in [5.41, 5.74) is 0.389. The first-order valence-electron chi connectivity index (χ1n) is 10.3. The summed E-state index contributed by atoms with van der Waals surface area (Å²) in [6.45, 7) is 1.72. The number of imide groups is 1. The Hall–Kier alpha value is -3.84. The van der Waals surface area contributed by atoms with Crippen LogP contribution in [0.1, 0.15) is 18.5 Å². The van der Waals surface area contributed by atoms with Crippen molar-refractivity contribution in [3.8, 4) is 11.5 Å². The lowest BCUT2D eigenvalue weighted by Gasteiger charge is -2.33. The fraction of sp³-hybridized carbons (Fsp3) is 0.200. The summed E-state index contributed by atoms with van der Waals surface area (Å²) >= 11 is 0. The summed E-state index contributed by atoms with van der Waals surface area (Å²) in [5.74, 6) is -0.171. The first kappa shape index (κ1) is 20.1. The molecule has 7 heteroatoms. The highest BCUT2D eigenvalue weighted by Crippen LogP contribution is 2.56. The zero-order valence-corrected chi connectivity index (χ0v) is 17.6. The van der Waals surface area contributed by atoms with Gasteiger partial charge in [0.1, 0.15) is 23.0 Å². The Morgan fingerprint density at radius 1 is 0.906 bits per heavy atom. The second-order valence-electron chi connectivity index (χ2n) is 8.07. The lowest BCUT2D eigenvalue weighted by molar-refractivity contribution is -0.128. The lowest BCUT2D eigenvalue weighted by Crippen LogP contribution is -2.41. The van der Waals surface area contributed by atoms with Crippen LogP contribution >= 0.6 is 0 Å². The summed E-state index contributed by atoms with van der Waals surface area (Å²) in [7, 11) is 1.55. The van der Waals surface area contributed by atoms with E-state index < -0.39 is 23.5 Å². The maximum Gasteiger partial charge on any atom is 0.266 e. The number of phenolic OH excluding ortho intramolecular Hbond substituents is 1. The van der Waals surface area contributed by atoms with Gasteiger partial charge in [0, 0.05) is 5.56 Å². The zero-order valence-electron chi connectivity index (χ0n) is 17.6. The number of methoxy groups -OCH3 is 1. The van der Waals surface area contributed by atoms with Crippen molar-refractivity contribution in [2.75, 3.05) is 17.1 Å². The molecule has 7 nitrogen and oxygen atoms in total. The fourth-order valence-electron chi connectivity index (χ4n) is 4.59. The monoisotopic (exact) mass is 430 g/mol. The molecule has 0 unspecified atom stereocenters. The minimum atomic E-state index is -1.26. The Bertz CT molecular complexity index is 1180. The first-order valence-corrected chi connectivity index (χ1v) is 10.3. The largest absolute Gasteiger partial charge is 0.508 e. The number of carbonyl (C=O) groups excluding carboxylic acids is 2. The number of para-hydroxylation sites is 2. The van der Waals surface area contributed by atoms with Crippen LogP contribution < -0.4 is 14.7 Å². The summed E-state index contributed by atoms with van der Waals surface area (Å²) in [6.07, 6.45) is -1.04. The van der Waals surface area contributed by atoms with Crippen molar-refractivity contribution in [1.29, 1.82) is 0 Å². The minimum Gasteiger partial charge on any atom is -0.508 e. The second-order valence-corrected chi connectivity index (χ2v) is 8.07. The number of carbonyl (C=O) groups is 2. The lowest BCUT2D eigenvalue weighted by atomic mass is 9.76. The molecule has 0 saturated carbocycles. The van der Waals surface area contributed by atoms with Gasteiger partial charge in [-0.3, -0.25) is 14.4 Å². The van der Waals surface area contributed by atoms with Crippen molar-refractivity contribution in [1.82, 2.24) is 0 Å². The molecule has 162 valence electrons. The van der Waals surface area contributed by atoms with E-state index in [0.29, 0.717) is 22.7 Å². The van der Waals surface area contributed by atoms with Crippen molar-refractivity contribution in [3.63, 3.8) is 0 Å². The molecule has 0 spiro atoms. The Labute approximate surface area is 185 Å². The van der Waals surface area contributed by atoms with Crippen LogP contribution in [-0.4, -0.2) is 30.1 Å². The molecule has 1 N–H and O–H groups in total. The molecule has 2 fully saturated rings.